The van der Waals surface area contributed by atoms with Gasteiger partial charge in [-0.2, -0.15) is 5.26 Å². The third kappa shape index (κ3) is 2.08. The highest BCUT2D eigenvalue weighted by atomic mass is 35.5. The fraction of sp³-hybridized carbons (Fsp3) is 0.300. The SMILES string of the molecule is COc1cc(Cl)c(O)c(CC#N)c1OC. The topological polar surface area (TPSA) is 62.5 Å². The molecule has 1 aromatic carbocycles. The quantitative estimate of drug-likeness (QED) is 0.859. The molecular weight excluding hydrogens is 218 g/mol. The lowest BCUT2D eigenvalue weighted by Crippen LogP contribution is -1.96. The van der Waals surface area contributed by atoms with Crippen molar-refractivity contribution in [3.05, 3.63) is 16.7 Å². The summed E-state index contributed by atoms with van der Waals surface area (Å²) in [7, 11) is 2.90. The Balaban J connectivity index is 3.43. The van der Waals surface area contributed by atoms with Crippen LogP contribution in [-0.2, 0) is 6.42 Å². The van der Waals surface area contributed by atoms with Crippen LogP contribution in [0, 0.1) is 11.3 Å². The van der Waals surface area contributed by atoms with Gasteiger partial charge in [-0.1, -0.05) is 11.6 Å². The number of nitriles is 1. The zero-order valence-electron chi connectivity index (χ0n) is 8.37. The number of rotatable bonds is 3. The van der Waals surface area contributed by atoms with Gasteiger partial charge in [-0.05, 0) is 0 Å². The summed E-state index contributed by atoms with van der Waals surface area (Å²) >= 11 is 5.77. The molecule has 80 valence electrons. The Hall–Kier alpha value is -1.60. The van der Waals surface area contributed by atoms with Gasteiger partial charge in [0.15, 0.2) is 11.5 Å². The number of hydrogen-bond donors (Lipinski definition) is 1. The van der Waals surface area contributed by atoms with Gasteiger partial charge >= 0.3 is 0 Å². The van der Waals surface area contributed by atoms with Crippen molar-refractivity contribution in [3.63, 3.8) is 0 Å². The normalized spacial score (nSPS) is 9.47. The molecule has 0 amide bonds. The molecule has 0 saturated carbocycles. The van der Waals surface area contributed by atoms with E-state index in [0.717, 1.165) is 0 Å². The molecule has 0 atom stereocenters. The average Bonchev–Trinajstić information content (AvgIpc) is 2.24. The summed E-state index contributed by atoms with van der Waals surface area (Å²) in [5.74, 6) is 0.586. The predicted octanol–water partition coefficient (Wildman–Crippen LogP) is 2.13. The molecule has 1 aromatic rings. The highest BCUT2D eigenvalue weighted by Crippen LogP contribution is 2.42. The number of hydrogen-bond acceptors (Lipinski definition) is 4. The Kier molecular flexibility index (Phi) is 3.64. The smallest absolute Gasteiger partial charge is 0.168 e. The van der Waals surface area contributed by atoms with Crippen LogP contribution in [0.5, 0.6) is 17.2 Å². The summed E-state index contributed by atoms with van der Waals surface area (Å²) in [6, 6.07) is 3.36. The third-order valence-corrected chi connectivity index (χ3v) is 2.24. The number of phenols is 1. The van der Waals surface area contributed by atoms with Crippen molar-refractivity contribution >= 4 is 11.6 Å². The first-order valence-corrected chi connectivity index (χ1v) is 4.52. The van der Waals surface area contributed by atoms with Crippen LogP contribution in [0.1, 0.15) is 5.56 Å². The first-order chi connectivity index (χ1) is 7.15. The van der Waals surface area contributed by atoms with E-state index in [1.54, 1.807) is 0 Å². The highest BCUT2D eigenvalue weighted by molar-refractivity contribution is 6.32. The molecule has 0 radical (unpaired) electrons. The molecular formula is C10H10ClNO3. The predicted molar refractivity (Wildman–Crippen MR) is 55.5 cm³/mol. The molecule has 1 N–H and O–H groups in total. The Labute approximate surface area is 92.6 Å². The largest absolute Gasteiger partial charge is 0.506 e. The van der Waals surface area contributed by atoms with E-state index in [0.29, 0.717) is 17.1 Å². The minimum Gasteiger partial charge on any atom is -0.506 e. The van der Waals surface area contributed by atoms with Crippen LogP contribution in [0.3, 0.4) is 0 Å². The van der Waals surface area contributed by atoms with E-state index in [9.17, 15) is 5.11 Å². The Morgan fingerprint density at radius 3 is 2.60 bits per heavy atom. The second-order valence-electron chi connectivity index (χ2n) is 2.76. The molecule has 0 aromatic heterocycles. The lowest BCUT2D eigenvalue weighted by Gasteiger charge is -2.13. The van der Waals surface area contributed by atoms with Crippen LogP contribution in [0.4, 0.5) is 0 Å². The maximum Gasteiger partial charge on any atom is 0.168 e. The summed E-state index contributed by atoms with van der Waals surface area (Å²) in [4.78, 5) is 0. The number of halogens is 1. The standard InChI is InChI=1S/C10H10ClNO3/c1-14-8-5-7(11)9(13)6(3-4-12)10(8)15-2/h5,13H,3H2,1-2H3. The van der Waals surface area contributed by atoms with Crippen molar-refractivity contribution in [2.24, 2.45) is 0 Å². The number of methoxy groups -OCH3 is 2. The van der Waals surface area contributed by atoms with Crippen molar-refractivity contribution in [2.75, 3.05) is 14.2 Å². The molecule has 1 rings (SSSR count). The highest BCUT2D eigenvalue weighted by Gasteiger charge is 2.17. The van der Waals surface area contributed by atoms with Gasteiger partial charge in [0.05, 0.1) is 37.3 Å². The summed E-state index contributed by atoms with van der Waals surface area (Å²) in [5, 5.41) is 18.4. The van der Waals surface area contributed by atoms with Crippen molar-refractivity contribution in [1.29, 1.82) is 5.26 Å². The minimum atomic E-state index is -0.143. The fourth-order valence-corrected chi connectivity index (χ4v) is 1.48. The van der Waals surface area contributed by atoms with Gasteiger partial charge in [-0.15, -0.1) is 0 Å². The van der Waals surface area contributed by atoms with Gasteiger partial charge in [-0.3, -0.25) is 0 Å². The maximum atomic E-state index is 9.64. The monoisotopic (exact) mass is 227 g/mol. The molecule has 0 aliphatic rings. The maximum absolute atomic E-state index is 9.64. The Bertz CT molecular complexity index is 412. The second kappa shape index (κ2) is 4.76. The molecule has 4 nitrogen and oxygen atoms in total. The van der Waals surface area contributed by atoms with Crippen LogP contribution in [0.15, 0.2) is 6.07 Å². The average molecular weight is 228 g/mol. The molecule has 0 heterocycles. The Morgan fingerprint density at radius 1 is 1.47 bits per heavy atom. The fourth-order valence-electron chi connectivity index (χ4n) is 1.27. The molecule has 15 heavy (non-hydrogen) atoms. The van der Waals surface area contributed by atoms with E-state index in [-0.39, 0.29) is 17.2 Å². The van der Waals surface area contributed by atoms with Crippen LogP contribution in [-0.4, -0.2) is 19.3 Å². The molecule has 0 spiro atoms. The van der Waals surface area contributed by atoms with E-state index < -0.39 is 0 Å². The molecule has 0 unspecified atom stereocenters. The van der Waals surface area contributed by atoms with Crippen LogP contribution < -0.4 is 9.47 Å². The number of phenolic OH excluding ortho intramolecular Hbond substituents is 1. The van der Waals surface area contributed by atoms with Crippen LogP contribution in [0.2, 0.25) is 5.02 Å². The zero-order valence-corrected chi connectivity index (χ0v) is 9.13. The number of ether oxygens (including phenoxy) is 2. The van der Waals surface area contributed by atoms with Crippen LogP contribution >= 0.6 is 11.6 Å². The molecule has 0 bridgehead atoms. The van der Waals surface area contributed by atoms with E-state index in [1.807, 2.05) is 6.07 Å². The summed E-state index contributed by atoms with van der Waals surface area (Å²) in [6.45, 7) is 0. The van der Waals surface area contributed by atoms with Crippen molar-refractivity contribution in [2.45, 2.75) is 6.42 Å². The van der Waals surface area contributed by atoms with Gasteiger partial charge < -0.3 is 14.6 Å². The van der Waals surface area contributed by atoms with Crippen molar-refractivity contribution in [1.82, 2.24) is 0 Å². The van der Waals surface area contributed by atoms with Crippen molar-refractivity contribution in [3.8, 4) is 23.3 Å². The molecule has 0 saturated heterocycles. The third-order valence-electron chi connectivity index (χ3n) is 1.95. The van der Waals surface area contributed by atoms with Crippen LogP contribution in [0.25, 0.3) is 0 Å². The van der Waals surface area contributed by atoms with E-state index >= 15 is 0 Å². The van der Waals surface area contributed by atoms with Gasteiger partial charge in [0.1, 0.15) is 5.75 Å². The summed E-state index contributed by atoms with van der Waals surface area (Å²) in [6.07, 6.45) is 0.00588. The van der Waals surface area contributed by atoms with Gasteiger partial charge in [0.2, 0.25) is 0 Å². The summed E-state index contributed by atoms with van der Waals surface area (Å²) in [5.41, 5.74) is 0.337. The first kappa shape index (κ1) is 11.5. The molecule has 5 heteroatoms. The number of nitrogens with zero attached hydrogens (tertiary/aromatic N) is 1. The van der Waals surface area contributed by atoms with Gasteiger partial charge in [0.25, 0.3) is 0 Å². The number of benzene rings is 1. The lowest BCUT2D eigenvalue weighted by atomic mass is 10.1. The molecule has 0 fully saturated rings. The Morgan fingerprint density at radius 2 is 2.13 bits per heavy atom. The van der Waals surface area contributed by atoms with E-state index in [1.165, 1.54) is 20.3 Å². The van der Waals surface area contributed by atoms with E-state index in [4.69, 9.17) is 26.3 Å². The van der Waals surface area contributed by atoms with Crippen molar-refractivity contribution < 1.29 is 14.6 Å². The summed E-state index contributed by atoms with van der Waals surface area (Å²) < 4.78 is 10.1. The molecule has 0 aliphatic carbocycles. The second-order valence-corrected chi connectivity index (χ2v) is 3.16. The lowest BCUT2D eigenvalue weighted by molar-refractivity contribution is 0.348. The van der Waals surface area contributed by atoms with Gasteiger partial charge in [-0.25, -0.2) is 0 Å². The first-order valence-electron chi connectivity index (χ1n) is 4.15. The van der Waals surface area contributed by atoms with E-state index in [2.05, 4.69) is 0 Å². The molecule has 0 aliphatic heterocycles. The zero-order chi connectivity index (χ0) is 11.4. The minimum absolute atomic E-state index is 0.00588. The number of aromatic hydroxyl groups is 1. The van der Waals surface area contributed by atoms with Gasteiger partial charge in [0, 0.05) is 6.07 Å².